The molecule has 0 bridgehead atoms. The van der Waals surface area contributed by atoms with Gasteiger partial charge in [-0.2, -0.15) is 0 Å². The maximum absolute atomic E-state index is 11.8. The van der Waals surface area contributed by atoms with Crippen molar-refractivity contribution in [1.29, 1.82) is 0 Å². The molecule has 0 atom stereocenters. The van der Waals surface area contributed by atoms with Crippen LogP contribution in [0.4, 0.5) is 5.69 Å². The van der Waals surface area contributed by atoms with E-state index in [1.54, 1.807) is 0 Å². The van der Waals surface area contributed by atoms with Crippen LogP contribution < -0.4 is 4.90 Å². The van der Waals surface area contributed by atoms with Crippen molar-refractivity contribution in [2.45, 2.75) is 34.1 Å². The first-order chi connectivity index (χ1) is 7.88. The van der Waals surface area contributed by atoms with Crippen LogP contribution in [-0.2, 0) is 4.79 Å². The zero-order valence-electron chi connectivity index (χ0n) is 11.2. The Bertz CT molecular complexity index is 428. The number of aryl methyl sites for hydroxylation is 2. The van der Waals surface area contributed by atoms with Crippen molar-refractivity contribution in [3.63, 3.8) is 0 Å². The van der Waals surface area contributed by atoms with Gasteiger partial charge in [-0.05, 0) is 37.1 Å². The number of nitrogens with zero attached hydrogens (tertiary/aromatic N) is 1. The summed E-state index contributed by atoms with van der Waals surface area (Å²) < 4.78 is 0. The fraction of sp³-hybridized carbons (Fsp3) is 0.533. The molecular formula is C15H21NO. The highest BCUT2D eigenvalue weighted by Crippen LogP contribution is 2.29. The van der Waals surface area contributed by atoms with Crippen LogP contribution >= 0.6 is 0 Å². The molecule has 1 aliphatic heterocycles. The number of piperidine rings is 1. The van der Waals surface area contributed by atoms with E-state index in [1.807, 2.05) is 13.8 Å². The summed E-state index contributed by atoms with van der Waals surface area (Å²) in [4.78, 5) is 14.1. The average molecular weight is 231 g/mol. The molecule has 2 heteroatoms. The van der Waals surface area contributed by atoms with Gasteiger partial charge in [-0.15, -0.1) is 0 Å². The molecule has 17 heavy (non-hydrogen) atoms. The van der Waals surface area contributed by atoms with E-state index in [0.717, 1.165) is 13.1 Å². The Morgan fingerprint density at radius 1 is 1.12 bits per heavy atom. The van der Waals surface area contributed by atoms with E-state index in [4.69, 9.17) is 0 Å². The molecule has 1 aromatic carbocycles. The molecule has 92 valence electrons. The van der Waals surface area contributed by atoms with Crippen LogP contribution in [0.1, 0.15) is 31.4 Å². The normalized spacial score (nSPS) is 19.5. The third kappa shape index (κ3) is 2.51. The molecule has 0 saturated carbocycles. The number of hydrogen-bond donors (Lipinski definition) is 0. The zero-order chi connectivity index (χ0) is 12.6. The van der Waals surface area contributed by atoms with Gasteiger partial charge in [-0.3, -0.25) is 4.79 Å². The Kier molecular flexibility index (Phi) is 2.98. The molecule has 1 aromatic rings. The third-order valence-electron chi connectivity index (χ3n) is 3.52. The summed E-state index contributed by atoms with van der Waals surface area (Å²) in [6.07, 6.45) is 0.667. The summed E-state index contributed by atoms with van der Waals surface area (Å²) in [5.74, 6) is 0.387. The smallest absolute Gasteiger partial charge is 0.142 e. The number of rotatable bonds is 1. The molecule has 1 heterocycles. The highest BCUT2D eigenvalue weighted by molar-refractivity contribution is 5.86. The molecule has 1 saturated heterocycles. The van der Waals surface area contributed by atoms with Crippen molar-refractivity contribution in [1.82, 2.24) is 0 Å². The minimum absolute atomic E-state index is 0.212. The highest BCUT2D eigenvalue weighted by Gasteiger charge is 2.34. The summed E-state index contributed by atoms with van der Waals surface area (Å²) in [5, 5.41) is 0. The van der Waals surface area contributed by atoms with Gasteiger partial charge in [0, 0.05) is 30.6 Å². The fourth-order valence-electron chi connectivity index (χ4n) is 2.57. The second-order valence-electron chi connectivity index (χ2n) is 5.82. The van der Waals surface area contributed by atoms with Crippen LogP contribution in [0.2, 0.25) is 0 Å². The molecule has 1 aliphatic rings. The molecule has 0 radical (unpaired) electrons. The summed E-state index contributed by atoms with van der Waals surface area (Å²) >= 11 is 0. The molecule has 2 rings (SSSR count). The maximum Gasteiger partial charge on any atom is 0.142 e. The second-order valence-corrected chi connectivity index (χ2v) is 5.82. The van der Waals surface area contributed by atoms with Gasteiger partial charge in [0.2, 0.25) is 0 Å². The number of benzene rings is 1. The molecule has 0 N–H and O–H groups in total. The lowest BCUT2D eigenvalue weighted by atomic mass is 9.82. The summed E-state index contributed by atoms with van der Waals surface area (Å²) in [7, 11) is 0. The van der Waals surface area contributed by atoms with Crippen molar-refractivity contribution in [3.05, 3.63) is 29.3 Å². The molecule has 2 nitrogen and oxygen atoms in total. The predicted octanol–water partition coefficient (Wildman–Crippen LogP) is 3.11. The van der Waals surface area contributed by atoms with Crippen LogP contribution in [0, 0.1) is 19.3 Å². The fourth-order valence-corrected chi connectivity index (χ4v) is 2.57. The average Bonchev–Trinajstić information content (AvgIpc) is 2.20. The molecular weight excluding hydrogens is 210 g/mol. The van der Waals surface area contributed by atoms with Crippen LogP contribution in [0.25, 0.3) is 0 Å². The molecule has 1 fully saturated rings. The molecule has 0 aromatic heterocycles. The predicted molar refractivity (Wildman–Crippen MR) is 71.5 cm³/mol. The van der Waals surface area contributed by atoms with Crippen LogP contribution in [0.15, 0.2) is 18.2 Å². The number of hydrogen-bond acceptors (Lipinski definition) is 2. The standard InChI is InChI=1S/C15H21NO/c1-11-7-12(2)9-13(8-11)16-6-5-14(17)15(3,4)10-16/h7-9H,5-6,10H2,1-4H3. The van der Waals surface area contributed by atoms with Gasteiger partial charge in [0.05, 0.1) is 0 Å². The number of carbonyl (C=O) groups is 1. The quantitative estimate of drug-likeness (QED) is 0.740. The Labute approximate surface area is 104 Å². The summed E-state index contributed by atoms with van der Waals surface area (Å²) in [6, 6.07) is 6.60. The van der Waals surface area contributed by atoms with Crippen molar-refractivity contribution in [3.8, 4) is 0 Å². The van der Waals surface area contributed by atoms with Gasteiger partial charge >= 0.3 is 0 Å². The van der Waals surface area contributed by atoms with Crippen molar-refractivity contribution < 1.29 is 4.79 Å². The van der Waals surface area contributed by atoms with Crippen molar-refractivity contribution >= 4 is 11.5 Å². The van der Waals surface area contributed by atoms with Crippen LogP contribution in [0.3, 0.4) is 0 Å². The van der Waals surface area contributed by atoms with Gasteiger partial charge < -0.3 is 4.90 Å². The Morgan fingerprint density at radius 3 is 2.24 bits per heavy atom. The van der Waals surface area contributed by atoms with Crippen molar-refractivity contribution in [2.24, 2.45) is 5.41 Å². The Hall–Kier alpha value is -1.31. The number of carbonyl (C=O) groups excluding carboxylic acids is 1. The number of anilines is 1. The van der Waals surface area contributed by atoms with Gasteiger partial charge in [-0.1, -0.05) is 19.9 Å². The van der Waals surface area contributed by atoms with Crippen LogP contribution in [0.5, 0.6) is 0 Å². The number of ketones is 1. The lowest BCUT2D eigenvalue weighted by molar-refractivity contribution is -0.127. The zero-order valence-corrected chi connectivity index (χ0v) is 11.2. The largest absolute Gasteiger partial charge is 0.370 e. The van der Waals surface area contributed by atoms with Crippen molar-refractivity contribution in [2.75, 3.05) is 18.0 Å². The van der Waals surface area contributed by atoms with E-state index in [-0.39, 0.29) is 5.41 Å². The van der Waals surface area contributed by atoms with E-state index >= 15 is 0 Å². The summed E-state index contributed by atoms with van der Waals surface area (Å²) in [6.45, 7) is 10.0. The Morgan fingerprint density at radius 2 is 1.71 bits per heavy atom. The van der Waals surface area contributed by atoms with E-state index in [2.05, 4.69) is 36.9 Å². The number of Topliss-reactive ketones (excluding diaryl/α,β-unsaturated/α-hetero) is 1. The van der Waals surface area contributed by atoms with E-state index in [1.165, 1.54) is 16.8 Å². The first kappa shape index (κ1) is 12.2. The lowest BCUT2D eigenvalue weighted by Crippen LogP contribution is -2.46. The SMILES string of the molecule is Cc1cc(C)cc(N2CCC(=O)C(C)(C)C2)c1. The van der Waals surface area contributed by atoms with Gasteiger partial charge in [0.1, 0.15) is 5.78 Å². The first-order valence-corrected chi connectivity index (χ1v) is 6.25. The third-order valence-corrected chi connectivity index (χ3v) is 3.52. The van der Waals surface area contributed by atoms with Gasteiger partial charge in [0.25, 0.3) is 0 Å². The van der Waals surface area contributed by atoms with Gasteiger partial charge in [-0.25, -0.2) is 0 Å². The minimum atomic E-state index is -0.212. The molecule has 0 amide bonds. The van der Waals surface area contributed by atoms with E-state index in [9.17, 15) is 4.79 Å². The summed E-state index contributed by atoms with van der Waals surface area (Å²) in [5.41, 5.74) is 3.61. The monoisotopic (exact) mass is 231 g/mol. The first-order valence-electron chi connectivity index (χ1n) is 6.25. The maximum atomic E-state index is 11.8. The van der Waals surface area contributed by atoms with Gasteiger partial charge in [0.15, 0.2) is 0 Å². The minimum Gasteiger partial charge on any atom is -0.370 e. The molecule has 0 unspecified atom stereocenters. The lowest BCUT2D eigenvalue weighted by Gasteiger charge is -2.38. The molecule has 0 spiro atoms. The van der Waals surface area contributed by atoms with E-state index < -0.39 is 0 Å². The van der Waals surface area contributed by atoms with Crippen LogP contribution in [-0.4, -0.2) is 18.9 Å². The topological polar surface area (TPSA) is 20.3 Å². The molecule has 0 aliphatic carbocycles. The van der Waals surface area contributed by atoms with E-state index in [0.29, 0.717) is 12.2 Å². The second kappa shape index (κ2) is 4.17. The highest BCUT2D eigenvalue weighted by atomic mass is 16.1. The Balaban J connectivity index is 2.26.